The second kappa shape index (κ2) is 8.11. The summed E-state index contributed by atoms with van der Waals surface area (Å²) in [5.41, 5.74) is 3.23. The number of halogens is 2. The summed E-state index contributed by atoms with van der Waals surface area (Å²) in [5, 5.41) is 24.4. The molecule has 1 N–H and O–H groups in total. The van der Waals surface area contributed by atoms with Gasteiger partial charge in [-0.05, 0) is 48.9 Å². The maximum atomic E-state index is 13.0. The molecule has 0 aliphatic heterocycles. The van der Waals surface area contributed by atoms with E-state index in [2.05, 4.69) is 15.5 Å². The van der Waals surface area contributed by atoms with Gasteiger partial charge in [-0.2, -0.15) is 4.80 Å². The quantitative estimate of drug-likeness (QED) is 0.228. The number of benzene rings is 3. The number of hydrogen-bond donors (Lipinski definition) is 1. The number of aryl methyl sites for hydroxylation is 1. The van der Waals surface area contributed by atoms with Crippen molar-refractivity contribution in [3.05, 3.63) is 85.2 Å². The third kappa shape index (κ3) is 3.80. The molecule has 3 aromatic carbocycles. The average molecular weight is 498 g/mol. The lowest BCUT2D eigenvalue weighted by atomic mass is 10.1. The van der Waals surface area contributed by atoms with E-state index in [9.17, 15) is 14.9 Å². The minimum atomic E-state index is -0.487. The number of amides is 1. The van der Waals surface area contributed by atoms with E-state index in [1.807, 2.05) is 13.0 Å². The van der Waals surface area contributed by atoms with Gasteiger partial charge in [0.15, 0.2) is 0 Å². The normalized spacial score (nSPS) is 11.2. The number of aromatic nitrogens is 3. The molecule has 0 radical (unpaired) electrons. The van der Waals surface area contributed by atoms with Crippen molar-refractivity contribution in [1.29, 1.82) is 0 Å². The zero-order valence-electron chi connectivity index (χ0n) is 16.9. The molecule has 5 rings (SSSR count). The van der Waals surface area contributed by atoms with Gasteiger partial charge in [-0.1, -0.05) is 35.3 Å². The summed E-state index contributed by atoms with van der Waals surface area (Å²) in [6.45, 7) is 1.84. The van der Waals surface area contributed by atoms with Crippen molar-refractivity contribution in [2.75, 3.05) is 5.32 Å². The van der Waals surface area contributed by atoms with E-state index in [1.54, 1.807) is 42.5 Å². The minimum absolute atomic E-state index is 0.0881. The van der Waals surface area contributed by atoms with E-state index < -0.39 is 10.8 Å². The first kappa shape index (κ1) is 21.3. The molecule has 0 saturated carbocycles. The van der Waals surface area contributed by atoms with Crippen molar-refractivity contribution in [3.8, 4) is 5.69 Å². The van der Waals surface area contributed by atoms with E-state index in [-0.39, 0.29) is 15.6 Å². The number of carbonyl (C=O) groups is 1. The van der Waals surface area contributed by atoms with Crippen LogP contribution in [0, 0.1) is 17.0 Å². The van der Waals surface area contributed by atoms with Gasteiger partial charge in [0.05, 0.1) is 15.6 Å². The van der Waals surface area contributed by atoms with E-state index in [1.165, 1.54) is 10.9 Å². The Labute approximate surface area is 200 Å². The van der Waals surface area contributed by atoms with Gasteiger partial charge in [-0.15, -0.1) is 21.5 Å². The molecule has 8 nitrogen and oxygen atoms in total. The van der Waals surface area contributed by atoms with Crippen LogP contribution in [-0.4, -0.2) is 25.8 Å². The molecule has 1 amide bonds. The first-order chi connectivity index (χ1) is 15.8. The Balaban J connectivity index is 1.50. The van der Waals surface area contributed by atoms with Crippen LogP contribution in [0.2, 0.25) is 10.0 Å². The summed E-state index contributed by atoms with van der Waals surface area (Å²) in [5.74, 6) is -0.456. The largest absolute Gasteiger partial charge is 0.321 e. The van der Waals surface area contributed by atoms with Crippen molar-refractivity contribution in [3.63, 3.8) is 0 Å². The summed E-state index contributed by atoms with van der Waals surface area (Å²) in [7, 11) is 0. The number of thiophene rings is 1. The average Bonchev–Trinajstić information content (AvgIpc) is 3.35. The molecular formula is C22H13Cl2N5O3S. The van der Waals surface area contributed by atoms with E-state index in [4.69, 9.17) is 23.2 Å². The zero-order chi connectivity index (χ0) is 23.3. The smallest absolute Gasteiger partial charge is 0.287 e. The molecule has 33 heavy (non-hydrogen) atoms. The van der Waals surface area contributed by atoms with E-state index in [0.717, 1.165) is 22.6 Å². The van der Waals surface area contributed by atoms with Crippen LogP contribution in [0.3, 0.4) is 0 Å². The Morgan fingerprint density at radius 3 is 2.48 bits per heavy atom. The molecule has 0 aliphatic carbocycles. The summed E-state index contributed by atoms with van der Waals surface area (Å²) >= 11 is 13.3. The van der Waals surface area contributed by atoms with Crippen LogP contribution in [0.25, 0.3) is 26.8 Å². The van der Waals surface area contributed by atoms with Crippen LogP contribution in [0.1, 0.15) is 15.2 Å². The molecule has 0 unspecified atom stereocenters. The van der Waals surface area contributed by atoms with Gasteiger partial charge in [0.2, 0.25) is 0 Å². The highest BCUT2D eigenvalue weighted by Crippen LogP contribution is 2.40. The van der Waals surface area contributed by atoms with Crippen LogP contribution >= 0.6 is 34.5 Å². The van der Waals surface area contributed by atoms with Crippen LogP contribution in [0.5, 0.6) is 0 Å². The Hall–Kier alpha value is -3.53. The van der Waals surface area contributed by atoms with Gasteiger partial charge in [0.25, 0.3) is 11.6 Å². The summed E-state index contributed by atoms with van der Waals surface area (Å²) in [6.07, 6.45) is 0. The third-order valence-electron chi connectivity index (χ3n) is 5.07. The predicted molar refractivity (Wildman–Crippen MR) is 130 cm³/mol. The molecule has 2 aromatic heterocycles. The number of nitro benzene ring substituents is 1. The highest BCUT2D eigenvalue weighted by Gasteiger charge is 2.23. The SMILES string of the molecule is Cc1cc2nn(-c3ccc(Cl)cc3)nc2cc1NC(=O)c1sc2c([N+](=O)[O-])cccc2c1Cl. The highest BCUT2D eigenvalue weighted by atomic mass is 35.5. The second-order valence-corrected chi connectivity index (χ2v) is 9.07. The number of non-ortho nitro benzene ring substituents is 1. The maximum Gasteiger partial charge on any atom is 0.287 e. The van der Waals surface area contributed by atoms with Crippen LogP contribution < -0.4 is 5.32 Å². The predicted octanol–water partition coefficient (Wildman–Crippen LogP) is 6.41. The molecule has 5 aromatic rings. The van der Waals surface area contributed by atoms with Crippen molar-refractivity contribution in [2.24, 2.45) is 0 Å². The molecule has 0 aliphatic rings. The van der Waals surface area contributed by atoms with Gasteiger partial charge in [0.1, 0.15) is 20.6 Å². The van der Waals surface area contributed by atoms with Crippen molar-refractivity contribution >= 4 is 72.9 Å². The molecule has 0 bridgehead atoms. The lowest BCUT2D eigenvalue weighted by molar-refractivity contribution is -0.382. The molecule has 164 valence electrons. The van der Waals surface area contributed by atoms with E-state index >= 15 is 0 Å². The van der Waals surface area contributed by atoms with Gasteiger partial charge >= 0.3 is 0 Å². The van der Waals surface area contributed by atoms with Crippen molar-refractivity contribution < 1.29 is 9.72 Å². The first-order valence-corrected chi connectivity index (χ1v) is 11.2. The standard InChI is InChI=1S/C22H13Cl2N5O3S/c1-11-9-16-17(27-28(26-16)13-7-5-12(23)6-8-13)10-15(11)25-22(30)21-19(24)14-3-2-4-18(29(31)32)20(14)33-21/h2-10H,1H3,(H,25,30). The summed E-state index contributed by atoms with van der Waals surface area (Å²) < 4.78 is 0.357. The molecule has 11 heteroatoms. The van der Waals surface area contributed by atoms with Gasteiger partial charge in [-0.25, -0.2) is 0 Å². The molecule has 0 atom stereocenters. The Morgan fingerprint density at radius 1 is 1.09 bits per heavy atom. The van der Waals surface area contributed by atoms with E-state index in [0.29, 0.717) is 31.8 Å². The number of nitrogens with one attached hydrogen (secondary N) is 1. The fourth-order valence-electron chi connectivity index (χ4n) is 3.44. The third-order valence-corrected chi connectivity index (χ3v) is 7.05. The van der Waals surface area contributed by atoms with Crippen LogP contribution in [-0.2, 0) is 0 Å². The molecule has 2 heterocycles. The topological polar surface area (TPSA) is 103 Å². The second-order valence-electron chi connectivity index (χ2n) is 7.23. The highest BCUT2D eigenvalue weighted by molar-refractivity contribution is 7.22. The summed E-state index contributed by atoms with van der Waals surface area (Å²) in [6, 6.07) is 15.3. The fraction of sp³-hybridized carbons (Fsp3) is 0.0455. The lowest BCUT2D eigenvalue weighted by Crippen LogP contribution is -2.11. The van der Waals surface area contributed by atoms with Crippen LogP contribution in [0.15, 0.2) is 54.6 Å². The Morgan fingerprint density at radius 2 is 1.79 bits per heavy atom. The van der Waals surface area contributed by atoms with Crippen molar-refractivity contribution in [1.82, 2.24) is 15.0 Å². The Bertz CT molecular complexity index is 1580. The number of rotatable bonds is 4. The maximum absolute atomic E-state index is 13.0. The zero-order valence-corrected chi connectivity index (χ0v) is 19.2. The molecular weight excluding hydrogens is 485 g/mol. The number of nitrogens with zero attached hydrogens (tertiary/aromatic N) is 4. The van der Waals surface area contributed by atoms with Crippen molar-refractivity contribution in [2.45, 2.75) is 6.92 Å². The number of anilines is 1. The molecule has 0 spiro atoms. The van der Waals surface area contributed by atoms with Gasteiger partial charge < -0.3 is 5.32 Å². The first-order valence-electron chi connectivity index (χ1n) is 9.62. The number of hydrogen-bond acceptors (Lipinski definition) is 6. The fourth-order valence-corrected chi connectivity index (χ4v) is 5.05. The van der Waals surface area contributed by atoms with Crippen LogP contribution in [0.4, 0.5) is 11.4 Å². The Kier molecular flexibility index (Phi) is 5.24. The molecule has 0 fully saturated rings. The summed E-state index contributed by atoms with van der Waals surface area (Å²) in [4.78, 5) is 25.6. The van der Waals surface area contributed by atoms with Gasteiger partial charge in [-0.3, -0.25) is 14.9 Å². The number of fused-ring (bicyclic) bond motifs is 2. The minimum Gasteiger partial charge on any atom is -0.321 e. The number of nitro groups is 1. The monoisotopic (exact) mass is 497 g/mol. The molecule has 0 saturated heterocycles. The van der Waals surface area contributed by atoms with Gasteiger partial charge in [0, 0.05) is 22.2 Å². The lowest BCUT2D eigenvalue weighted by Gasteiger charge is -2.07. The number of carbonyl (C=O) groups excluding carboxylic acids is 1.